The van der Waals surface area contributed by atoms with Crippen molar-refractivity contribution >= 4 is 23.4 Å². The summed E-state index contributed by atoms with van der Waals surface area (Å²) in [7, 11) is 0. The first kappa shape index (κ1) is 19.6. The first-order valence-corrected chi connectivity index (χ1v) is 9.60. The van der Waals surface area contributed by atoms with Crippen LogP contribution in [0.2, 0.25) is 0 Å². The molecule has 2 heterocycles. The lowest BCUT2D eigenvalue weighted by molar-refractivity contribution is 0.0956. The van der Waals surface area contributed by atoms with Crippen LogP contribution in [0.4, 0.5) is 16.3 Å². The van der Waals surface area contributed by atoms with E-state index < -0.39 is 0 Å². The predicted molar refractivity (Wildman–Crippen MR) is 109 cm³/mol. The molecule has 8 nitrogen and oxygen atoms in total. The number of amides is 3. The molecule has 1 aliphatic heterocycles. The topological polar surface area (TPSA) is 90.5 Å². The predicted octanol–water partition coefficient (Wildman–Crippen LogP) is 2.14. The molecule has 1 saturated heterocycles. The lowest BCUT2D eigenvalue weighted by Gasteiger charge is -2.35. The van der Waals surface area contributed by atoms with Gasteiger partial charge in [0, 0.05) is 55.7 Å². The number of nitrogens with one attached hydrogen (secondary N) is 2. The fourth-order valence-corrected chi connectivity index (χ4v) is 3.06. The molecule has 0 aliphatic carbocycles. The van der Waals surface area contributed by atoms with Crippen LogP contribution >= 0.6 is 0 Å². The van der Waals surface area contributed by atoms with Crippen molar-refractivity contribution in [2.24, 2.45) is 0 Å². The fourth-order valence-electron chi connectivity index (χ4n) is 3.06. The van der Waals surface area contributed by atoms with Gasteiger partial charge in [0.1, 0.15) is 12.1 Å². The van der Waals surface area contributed by atoms with Gasteiger partial charge in [0.15, 0.2) is 0 Å². The van der Waals surface area contributed by atoms with Gasteiger partial charge in [-0.15, -0.1) is 0 Å². The number of hydrogen-bond acceptors (Lipinski definition) is 5. The molecule has 1 aliphatic rings. The van der Waals surface area contributed by atoms with Gasteiger partial charge in [0.25, 0.3) is 5.91 Å². The van der Waals surface area contributed by atoms with Gasteiger partial charge < -0.3 is 20.4 Å². The van der Waals surface area contributed by atoms with Crippen molar-refractivity contribution in [2.45, 2.75) is 20.3 Å². The molecule has 2 aromatic rings. The number of aryl methyl sites for hydroxylation is 1. The summed E-state index contributed by atoms with van der Waals surface area (Å²) in [6.07, 6.45) is 2.47. The molecule has 3 rings (SSSR count). The van der Waals surface area contributed by atoms with Crippen molar-refractivity contribution in [1.29, 1.82) is 0 Å². The molecule has 0 saturated carbocycles. The maximum absolute atomic E-state index is 12.5. The Hall–Kier alpha value is -3.16. The molecule has 3 amide bonds. The fraction of sp³-hybridized carbons (Fsp3) is 0.400. The molecule has 148 valence electrons. The Labute approximate surface area is 165 Å². The summed E-state index contributed by atoms with van der Waals surface area (Å²) in [5.74, 6) is 0.792. The van der Waals surface area contributed by atoms with Crippen LogP contribution in [-0.4, -0.2) is 59.5 Å². The molecule has 1 fully saturated rings. The number of aromatic nitrogens is 2. The van der Waals surface area contributed by atoms with E-state index in [4.69, 9.17) is 0 Å². The number of benzene rings is 1. The van der Waals surface area contributed by atoms with E-state index in [1.807, 2.05) is 13.0 Å². The number of urea groups is 1. The summed E-state index contributed by atoms with van der Waals surface area (Å²) in [6, 6.07) is 8.77. The highest BCUT2D eigenvalue weighted by Gasteiger charge is 2.22. The molecular weight excluding hydrogens is 356 g/mol. The van der Waals surface area contributed by atoms with Gasteiger partial charge in [0.05, 0.1) is 0 Å². The SMILES string of the molecule is CCNC(=O)c1ccc(NC(=O)N2CCN(c3cc(CC)ncn3)CC2)cc1. The van der Waals surface area contributed by atoms with E-state index in [2.05, 4.69) is 32.4 Å². The number of nitrogens with zero attached hydrogens (tertiary/aromatic N) is 4. The van der Waals surface area contributed by atoms with Gasteiger partial charge in [-0.3, -0.25) is 4.79 Å². The lowest BCUT2D eigenvalue weighted by Crippen LogP contribution is -2.50. The molecule has 1 aromatic carbocycles. The van der Waals surface area contributed by atoms with Crippen molar-refractivity contribution in [3.8, 4) is 0 Å². The summed E-state index contributed by atoms with van der Waals surface area (Å²) >= 11 is 0. The van der Waals surface area contributed by atoms with Gasteiger partial charge in [-0.05, 0) is 37.6 Å². The van der Waals surface area contributed by atoms with Crippen LogP contribution in [0.15, 0.2) is 36.7 Å². The minimum Gasteiger partial charge on any atom is -0.353 e. The molecule has 0 atom stereocenters. The number of piperazine rings is 1. The number of rotatable bonds is 5. The number of anilines is 2. The van der Waals surface area contributed by atoms with Gasteiger partial charge in [-0.25, -0.2) is 14.8 Å². The Kier molecular flexibility index (Phi) is 6.41. The maximum Gasteiger partial charge on any atom is 0.321 e. The zero-order chi connectivity index (χ0) is 19.9. The van der Waals surface area contributed by atoms with Crippen LogP contribution in [0.1, 0.15) is 29.9 Å². The Balaban J connectivity index is 1.53. The standard InChI is InChI=1S/C20H26N6O2/c1-3-16-13-18(23-14-22-16)25-9-11-26(12-10-25)20(28)24-17-7-5-15(6-8-17)19(27)21-4-2/h5-8,13-14H,3-4,9-12H2,1-2H3,(H,21,27)(H,24,28). The van der Waals surface area contributed by atoms with Crippen molar-refractivity contribution in [1.82, 2.24) is 20.2 Å². The van der Waals surface area contributed by atoms with E-state index in [1.165, 1.54) is 0 Å². The minimum absolute atomic E-state index is 0.118. The molecule has 0 spiro atoms. The zero-order valence-electron chi connectivity index (χ0n) is 16.3. The third-order valence-electron chi connectivity index (χ3n) is 4.70. The normalized spacial score (nSPS) is 13.9. The summed E-state index contributed by atoms with van der Waals surface area (Å²) in [5.41, 5.74) is 2.26. The molecule has 2 N–H and O–H groups in total. The second kappa shape index (κ2) is 9.16. The first-order valence-electron chi connectivity index (χ1n) is 9.60. The molecular formula is C20H26N6O2. The Bertz CT molecular complexity index is 816. The quantitative estimate of drug-likeness (QED) is 0.827. The van der Waals surface area contributed by atoms with Crippen LogP contribution in [0.5, 0.6) is 0 Å². The second-order valence-electron chi connectivity index (χ2n) is 6.56. The van der Waals surface area contributed by atoms with E-state index >= 15 is 0 Å². The van der Waals surface area contributed by atoms with Gasteiger partial charge in [0.2, 0.25) is 0 Å². The third-order valence-corrected chi connectivity index (χ3v) is 4.70. The van der Waals surface area contributed by atoms with E-state index in [0.717, 1.165) is 31.0 Å². The smallest absolute Gasteiger partial charge is 0.321 e. The average Bonchev–Trinajstić information content (AvgIpc) is 2.74. The molecule has 0 unspecified atom stereocenters. The summed E-state index contributed by atoms with van der Waals surface area (Å²) in [6.45, 7) is 7.21. The average molecular weight is 382 g/mol. The summed E-state index contributed by atoms with van der Waals surface area (Å²) in [4.78, 5) is 36.9. The Morgan fingerprint density at radius 3 is 2.39 bits per heavy atom. The van der Waals surface area contributed by atoms with Gasteiger partial charge in [-0.2, -0.15) is 0 Å². The number of hydrogen-bond donors (Lipinski definition) is 2. The van der Waals surface area contributed by atoms with Crippen molar-refractivity contribution in [3.63, 3.8) is 0 Å². The maximum atomic E-state index is 12.5. The highest BCUT2D eigenvalue weighted by Crippen LogP contribution is 2.16. The van der Waals surface area contributed by atoms with Crippen molar-refractivity contribution in [3.05, 3.63) is 47.9 Å². The summed E-state index contributed by atoms with van der Waals surface area (Å²) < 4.78 is 0. The van der Waals surface area contributed by atoms with Crippen LogP contribution in [0, 0.1) is 0 Å². The summed E-state index contributed by atoms with van der Waals surface area (Å²) in [5, 5.41) is 5.64. The van der Waals surface area contributed by atoms with Crippen LogP contribution in [0.3, 0.4) is 0 Å². The molecule has 28 heavy (non-hydrogen) atoms. The Morgan fingerprint density at radius 1 is 1.04 bits per heavy atom. The van der Waals surface area contributed by atoms with E-state index in [1.54, 1.807) is 35.5 Å². The van der Waals surface area contributed by atoms with Crippen LogP contribution < -0.4 is 15.5 Å². The van der Waals surface area contributed by atoms with Gasteiger partial charge in [-0.1, -0.05) is 6.92 Å². The third kappa shape index (κ3) is 4.76. The number of carbonyl (C=O) groups is 2. The van der Waals surface area contributed by atoms with E-state index in [-0.39, 0.29) is 11.9 Å². The molecule has 0 radical (unpaired) electrons. The first-order chi connectivity index (χ1) is 13.6. The van der Waals surface area contributed by atoms with Gasteiger partial charge >= 0.3 is 6.03 Å². The van der Waals surface area contributed by atoms with Crippen molar-refractivity contribution < 1.29 is 9.59 Å². The highest BCUT2D eigenvalue weighted by molar-refractivity contribution is 5.95. The number of carbonyl (C=O) groups excluding carboxylic acids is 2. The zero-order valence-corrected chi connectivity index (χ0v) is 16.3. The molecule has 0 bridgehead atoms. The molecule has 8 heteroatoms. The monoisotopic (exact) mass is 382 g/mol. The van der Waals surface area contributed by atoms with E-state index in [9.17, 15) is 9.59 Å². The van der Waals surface area contributed by atoms with Crippen LogP contribution in [0.25, 0.3) is 0 Å². The minimum atomic E-state index is -0.137. The van der Waals surface area contributed by atoms with Crippen molar-refractivity contribution in [2.75, 3.05) is 42.9 Å². The van der Waals surface area contributed by atoms with Crippen LogP contribution in [-0.2, 0) is 6.42 Å². The highest BCUT2D eigenvalue weighted by atomic mass is 16.2. The van der Waals surface area contributed by atoms with E-state index in [0.29, 0.717) is 30.9 Å². The largest absolute Gasteiger partial charge is 0.353 e. The second-order valence-corrected chi connectivity index (χ2v) is 6.56. The molecule has 1 aromatic heterocycles. The lowest BCUT2D eigenvalue weighted by atomic mass is 10.2. The Morgan fingerprint density at radius 2 is 1.75 bits per heavy atom.